The molecule has 266 valence electrons. The van der Waals surface area contributed by atoms with Crippen molar-refractivity contribution in [3.8, 4) is 22.6 Å². The van der Waals surface area contributed by atoms with Crippen molar-refractivity contribution < 1.29 is 28.5 Å². The Labute approximate surface area is 300 Å². The maximum Gasteiger partial charge on any atom is 0.410 e. The summed E-state index contributed by atoms with van der Waals surface area (Å²) in [5.74, 6) is 1.96. The molecule has 0 unspecified atom stereocenters. The van der Waals surface area contributed by atoms with Gasteiger partial charge in [-0.25, -0.2) is 14.6 Å². The SMILES string of the molecule is CCCCOC(=O)N(CCOC)Cc1cc(Oc2ccc(N3CCC(N(C)C(=O)OC(C)(C)C)CC3)nc2)cc(-c2cc(Cl)cc(Cl)c2)c1. The van der Waals surface area contributed by atoms with E-state index in [1.165, 1.54) is 0 Å². The molecule has 0 spiro atoms. The Balaban J connectivity index is 1.50. The fourth-order valence-electron chi connectivity index (χ4n) is 5.47. The van der Waals surface area contributed by atoms with Crippen LogP contribution in [-0.2, 0) is 20.8 Å². The minimum Gasteiger partial charge on any atom is -0.456 e. The van der Waals surface area contributed by atoms with Crippen molar-refractivity contribution in [2.24, 2.45) is 0 Å². The van der Waals surface area contributed by atoms with Crippen LogP contribution >= 0.6 is 23.2 Å². The van der Waals surface area contributed by atoms with Gasteiger partial charge in [0, 0.05) is 56.4 Å². The van der Waals surface area contributed by atoms with E-state index in [-0.39, 0.29) is 18.7 Å². The van der Waals surface area contributed by atoms with E-state index in [1.54, 1.807) is 36.2 Å². The van der Waals surface area contributed by atoms with Gasteiger partial charge in [0.15, 0.2) is 0 Å². The van der Waals surface area contributed by atoms with Crippen molar-refractivity contribution in [3.05, 3.63) is 70.3 Å². The normalized spacial score (nSPS) is 13.6. The van der Waals surface area contributed by atoms with Crippen molar-refractivity contribution >= 4 is 41.2 Å². The molecule has 12 heteroatoms. The quantitative estimate of drug-likeness (QED) is 0.162. The van der Waals surface area contributed by atoms with Gasteiger partial charge in [-0.15, -0.1) is 0 Å². The number of methoxy groups -OCH3 is 1. The van der Waals surface area contributed by atoms with E-state index in [2.05, 4.69) is 4.90 Å². The number of carbonyl (C=O) groups is 2. The van der Waals surface area contributed by atoms with Gasteiger partial charge in [-0.05, 0) is 105 Å². The number of hydrogen-bond donors (Lipinski definition) is 0. The van der Waals surface area contributed by atoms with Gasteiger partial charge in [-0.1, -0.05) is 36.5 Å². The number of unbranched alkanes of at least 4 members (excludes halogenated alkanes) is 1. The molecule has 1 saturated heterocycles. The second-order valence-electron chi connectivity index (χ2n) is 13.2. The average Bonchev–Trinajstić information content (AvgIpc) is 3.05. The van der Waals surface area contributed by atoms with Gasteiger partial charge in [0.2, 0.25) is 0 Å². The number of rotatable bonds is 13. The summed E-state index contributed by atoms with van der Waals surface area (Å²) in [6.07, 6.45) is 4.35. The molecule has 1 aliphatic rings. The summed E-state index contributed by atoms with van der Waals surface area (Å²) in [6.45, 7) is 10.6. The Bertz CT molecular complexity index is 1520. The van der Waals surface area contributed by atoms with Crippen LogP contribution in [0.3, 0.4) is 0 Å². The highest BCUT2D eigenvalue weighted by atomic mass is 35.5. The van der Waals surface area contributed by atoms with Gasteiger partial charge in [-0.2, -0.15) is 0 Å². The molecule has 2 amide bonds. The van der Waals surface area contributed by atoms with Crippen LogP contribution in [0.15, 0.2) is 54.7 Å². The molecule has 4 rings (SSSR count). The first-order chi connectivity index (χ1) is 23.3. The predicted molar refractivity (Wildman–Crippen MR) is 194 cm³/mol. The van der Waals surface area contributed by atoms with Crippen LogP contribution in [0.25, 0.3) is 11.1 Å². The number of ether oxygens (including phenoxy) is 4. The Morgan fingerprint density at radius 3 is 2.24 bits per heavy atom. The fourth-order valence-corrected chi connectivity index (χ4v) is 6.00. The molecule has 10 nitrogen and oxygen atoms in total. The summed E-state index contributed by atoms with van der Waals surface area (Å²) in [6, 6.07) is 15.1. The number of carbonyl (C=O) groups excluding carboxylic acids is 2. The number of benzene rings is 2. The van der Waals surface area contributed by atoms with Crippen LogP contribution in [0, 0.1) is 0 Å². The number of halogens is 2. The van der Waals surface area contributed by atoms with E-state index in [1.807, 2.05) is 70.2 Å². The summed E-state index contributed by atoms with van der Waals surface area (Å²) < 4.78 is 22.7. The Morgan fingerprint density at radius 2 is 1.63 bits per heavy atom. The van der Waals surface area contributed by atoms with Gasteiger partial charge < -0.3 is 33.6 Å². The summed E-state index contributed by atoms with van der Waals surface area (Å²) in [4.78, 5) is 35.8. The second-order valence-corrected chi connectivity index (χ2v) is 14.0. The minimum atomic E-state index is -0.530. The van der Waals surface area contributed by atoms with Gasteiger partial charge >= 0.3 is 12.2 Å². The number of piperidine rings is 1. The van der Waals surface area contributed by atoms with Crippen molar-refractivity contribution in [1.82, 2.24) is 14.8 Å². The van der Waals surface area contributed by atoms with Crippen molar-refractivity contribution in [2.45, 2.75) is 71.6 Å². The topological polar surface area (TPSA) is 93.7 Å². The molecule has 0 bridgehead atoms. The summed E-state index contributed by atoms with van der Waals surface area (Å²) >= 11 is 12.7. The fraction of sp³-hybridized carbons (Fsp3) is 0.486. The van der Waals surface area contributed by atoms with Crippen molar-refractivity contribution in [2.75, 3.05) is 51.9 Å². The van der Waals surface area contributed by atoms with Gasteiger partial charge in [0.25, 0.3) is 0 Å². The molecule has 1 fully saturated rings. The highest BCUT2D eigenvalue weighted by Gasteiger charge is 2.29. The maximum atomic E-state index is 13.0. The lowest BCUT2D eigenvalue weighted by Gasteiger charge is -2.37. The zero-order valence-electron chi connectivity index (χ0n) is 29.3. The first kappa shape index (κ1) is 38.1. The molecule has 1 aromatic heterocycles. The number of aromatic nitrogens is 1. The lowest BCUT2D eigenvalue weighted by molar-refractivity contribution is 0.0200. The molecule has 0 radical (unpaired) electrons. The largest absolute Gasteiger partial charge is 0.456 e. The van der Waals surface area contributed by atoms with Gasteiger partial charge in [-0.3, -0.25) is 0 Å². The summed E-state index contributed by atoms with van der Waals surface area (Å²) in [5.41, 5.74) is 1.94. The summed E-state index contributed by atoms with van der Waals surface area (Å²) in [5, 5.41) is 1.02. The standard InChI is InChI=1S/C37H48Cl2N4O6/c1-7-8-16-47-36(45)43(15-17-46-6)25-26-18-27(28-20-29(38)23-30(39)21-28)22-33(19-26)48-32-9-10-34(40-24-32)42-13-11-31(12-14-42)41(5)35(44)49-37(2,3)4/h9-10,18-24,31H,7-8,11-17,25H2,1-6H3. The lowest BCUT2D eigenvalue weighted by atomic mass is 10.0. The smallest absolute Gasteiger partial charge is 0.410 e. The van der Waals surface area contributed by atoms with E-state index in [4.69, 9.17) is 47.1 Å². The Kier molecular flexibility index (Phi) is 13.8. The van der Waals surface area contributed by atoms with Gasteiger partial charge in [0.1, 0.15) is 22.9 Å². The number of hydrogen-bond acceptors (Lipinski definition) is 8. The molecule has 0 saturated carbocycles. The van der Waals surface area contributed by atoms with Crippen LogP contribution in [0.5, 0.6) is 11.5 Å². The summed E-state index contributed by atoms with van der Waals surface area (Å²) in [7, 11) is 3.40. The third-order valence-electron chi connectivity index (χ3n) is 8.06. The monoisotopic (exact) mass is 714 g/mol. The van der Waals surface area contributed by atoms with E-state index >= 15 is 0 Å². The minimum absolute atomic E-state index is 0.105. The number of nitrogens with zero attached hydrogens (tertiary/aromatic N) is 4. The van der Waals surface area contributed by atoms with Crippen molar-refractivity contribution in [3.63, 3.8) is 0 Å². The average molecular weight is 716 g/mol. The Hall–Kier alpha value is -3.73. The molecule has 1 aliphatic heterocycles. The van der Waals surface area contributed by atoms with Crippen LogP contribution < -0.4 is 9.64 Å². The first-order valence-electron chi connectivity index (χ1n) is 16.7. The number of amides is 2. The van der Waals surface area contributed by atoms with Crippen LogP contribution in [0.4, 0.5) is 15.4 Å². The third-order valence-corrected chi connectivity index (χ3v) is 8.49. The van der Waals surface area contributed by atoms with Crippen molar-refractivity contribution in [1.29, 1.82) is 0 Å². The van der Waals surface area contributed by atoms with Crippen LogP contribution in [0.2, 0.25) is 10.0 Å². The van der Waals surface area contributed by atoms with Crippen LogP contribution in [0.1, 0.15) is 58.9 Å². The first-order valence-corrected chi connectivity index (χ1v) is 17.5. The molecule has 2 heterocycles. The second kappa shape index (κ2) is 17.8. The molecule has 0 N–H and O–H groups in total. The molecule has 49 heavy (non-hydrogen) atoms. The van der Waals surface area contributed by atoms with E-state index in [0.29, 0.717) is 41.3 Å². The van der Waals surface area contributed by atoms with Crippen LogP contribution in [-0.4, -0.2) is 85.6 Å². The molecular weight excluding hydrogens is 667 g/mol. The molecule has 0 aliphatic carbocycles. The lowest BCUT2D eigenvalue weighted by Crippen LogP contribution is -2.47. The van der Waals surface area contributed by atoms with E-state index < -0.39 is 11.7 Å². The van der Waals surface area contributed by atoms with Gasteiger partial charge in [0.05, 0.1) is 19.4 Å². The zero-order chi connectivity index (χ0) is 35.6. The highest BCUT2D eigenvalue weighted by Crippen LogP contribution is 2.33. The zero-order valence-corrected chi connectivity index (χ0v) is 30.9. The number of pyridine rings is 1. The van der Waals surface area contributed by atoms with E-state index in [9.17, 15) is 9.59 Å². The number of anilines is 1. The highest BCUT2D eigenvalue weighted by molar-refractivity contribution is 6.35. The molecule has 2 aromatic carbocycles. The molecule has 3 aromatic rings. The van der Waals surface area contributed by atoms with E-state index in [0.717, 1.165) is 61.3 Å². The Morgan fingerprint density at radius 1 is 0.939 bits per heavy atom. The maximum absolute atomic E-state index is 13.0. The predicted octanol–water partition coefficient (Wildman–Crippen LogP) is 9.07. The molecular formula is C37H48Cl2N4O6. The third kappa shape index (κ3) is 11.7. The molecule has 0 atom stereocenters.